The Hall–Kier alpha value is -1.06. The quantitative estimate of drug-likeness (QED) is 0.880. The monoisotopic (exact) mass is 295 g/mol. The van der Waals surface area contributed by atoms with Crippen molar-refractivity contribution >= 4 is 23.2 Å². The number of aliphatic hydroxyl groups excluding tert-OH is 1. The van der Waals surface area contributed by atoms with Crippen molar-refractivity contribution in [1.29, 1.82) is 0 Å². The molecule has 0 unspecified atom stereocenters. The number of benzene rings is 2. The van der Waals surface area contributed by atoms with E-state index < -0.39 is 0 Å². The minimum Gasteiger partial charge on any atom is -0.392 e. The number of aliphatic hydroxyl groups is 1. The zero-order valence-electron chi connectivity index (χ0n) is 10.4. The van der Waals surface area contributed by atoms with E-state index in [1.54, 1.807) is 6.07 Å². The first kappa shape index (κ1) is 14.4. The van der Waals surface area contributed by atoms with Crippen LogP contribution in [0.25, 0.3) is 0 Å². The molecule has 100 valence electrons. The Kier molecular flexibility index (Phi) is 5.23. The van der Waals surface area contributed by atoms with Crippen molar-refractivity contribution in [3.63, 3.8) is 0 Å². The fourth-order valence-corrected chi connectivity index (χ4v) is 2.18. The highest BCUT2D eigenvalue weighted by molar-refractivity contribution is 6.42. The van der Waals surface area contributed by atoms with Gasteiger partial charge in [0.1, 0.15) is 0 Å². The van der Waals surface area contributed by atoms with E-state index in [0.717, 1.165) is 23.2 Å². The average molecular weight is 296 g/mol. The molecule has 0 aliphatic carbocycles. The Bertz CT molecular complexity index is 540. The van der Waals surface area contributed by atoms with Crippen LogP contribution in [0.15, 0.2) is 42.5 Å². The summed E-state index contributed by atoms with van der Waals surface area (Å²) in [6.07, 6.45) is 0. The molecule has 2 nitrogen and oxygen atoms in total. The lowest BCUT2D eigenvalue weighted by atomic mass is 10.1. The van der Waals surface area contributed by atoms with Crippen molar-refractivity contribution in [2.24, 2.45) is 0 Å². The van der Waals surface area contributed by atoms with Gasteiger partial charge >= 0.3 is 0 Å². The van der Waals surface area contributed by atoms with Crippen molar-refractivity contribution in [3.8, 4) is 0 Å². The number of hydrogen-bond acceptors (Lipinski definition) is 2. The van der Waals surface area contributed by atoms with Crippen LogP contribution >= 0.6 is 23.2 Å². The molecule has 2 rings (SSSR count). The van der Waals surface area contributed by atoms with Crippen LogP contribution in [-0.4, -0.2) is 5.11 Å². The highest BCUT2D eigenvalue weighted by Gasteiger charge is 2.03. The summed E-state index contributed by atoms with van der Waals surface area (Å²) in [5.41, 5.74) is 3.07. The standard InChI is InChI=1S/C15H15Cl2NO/c16-14-3-1-2-13(15(14)17)9-18-8-11-4-6-12(10-19)7-5-11/h1-7,18-19H,8-10H2. The topological polar surface area (TPSA) is 32.3 Å². The summed E-state index contributed by atoms with van der Waals surface area (Å²) in [4.78, 5) is 0. The lowest BCUT2D eigenvalue weighted by molar-refractivity contribution is 0.282. The number of rotatable bonds is 5. The molecular weight excluding hydrogens is 281 g/mol. The lowest BCUT2D eigenvalue weighted by Crippen LogP contribution is -2.13. The first-order chi connectivity index (χ1) is 9.20. The summed E-state index contributed by atoms with van der Waals surface area (Å²) in [6.45, 7) is 1.49. The van der Waals surface area contributed by atoms with Gasteiger partial charge in [0, 0.05) is 13.1 Å². The van der Waals surface area contributed by atoms with Crippen molar-refractivity contribution in [3.05, 3.63) is 69.2 Å². The van der Waals surface area contributed by atoms with Gasteiger partial charge in [0.15, 0.2) is 0 Å². The van der Waals surface area contributed by atoms with Crippen molar-refractivity contribution in [2.75, 3.05) is 0 Å². The molecule has 0 aromatic heterocycles. The largest absolute Gasteiger partial charge is 0.392 e. The Balaban J connectivity index is 1.90. The van der Waals surface area contributed by atoms with Crippen molar-refractivity contribution in [2.45, 2.75) is 19.7 Å². The molecule has 0 aliphatic rings. The third kappa shape index (κ3) is 3.95. The smallest absolute Gasteiger partial charge is 0.0681 e. The highest BCUT2D eigenvalue weighted by atomic mass is 35.5. The van der Waals surface area contributed by atoms with E-state index in [9.17, 15) is 0 Å². The van der Waals surface area contributed by atoms with Crippen molar-refractivity contribution < 1.29 is 5.11 Å². The van der Waals surface area contributed by atoms with Gasteiger partial charge in [-0.1, -0.05) is 59.6 Å². The van der Waals surface area contributed by atoms with Crippen LogP contribution in [0.1, 0.15) is 16.7 Å². The number of halogens is 2. The van der Waals surface area contributed by atoms with E-state index in [1.165, 1.54) is 0 Å². The third-order valence-corrected chi connectivity index (χ3v) is 3.74. The van der Waals surface area contributed by atoms with Crippen LogP contribution in [-0.2, 0) is 19.7 Å². The second-order valence-electron chi connectivity index (χ2n) is 4.29. The van der Waals surface area contributed by atoms with Gasteiger partial charge in [-0.05, 0) is 22.8 Å². The molecule has 4 heteroatoms. The maximum atomic E-state index is 8.97. The van der Waals surface area contributed by atoms with E-state index in [0.29, 0.717) is 16.6 Å². The van der Waals surface area contributed by atoms with E-state index in [2.05, 4.69) is 5.32 Å². The van der Waals surface area contributed by atoms with Crippen LogP contribution in [0.3, 0.4) is 0 Å². The molecule has 2 aromatic rings. The van der Waals surface area contributed by atoms with Gasteiger partial charge < -0.3 is 10.4 Å². The van der Waals surface area contributed by atoms with Gasteiger partial charge in [0.05, 0.1) is 16.7 Å². The summed E-state index contributed by atoms with van der Waals surface area (Å²) in [6, 6.07) is 13.5. The summed E-state index contributed by atoms with van der Waals surface area (Å²) >= 11 is 12.1. The van der Waals surface area contributed by atoms with Gasteiger partial charge in [0.25, 0.3) is 0 Å². The minimum absolute atomic E-state index is 0.0752. The predicted octanol–water partition coefficient (Wildman–Crippen LogP) is 3.78. The molecule has 0 fully saturated rings. The zero-order valence-corrected chi connectivity index (χ0v) is 11.9. The summed E-state index contributed by atoms with van der Waals surface area (Å²) in [7, 11) is 0. The maximum absolute atomic E-state index is 8.97. The fraction of sp³-hybridized carbons (Fsp3) is 0.200. The Morgan fingerprint density at radius 2 is 1.58 bits per heavy atom. The van der Waals surface area contributed by atoms with Crippen LogP contribution in [0.2, 0.25) is 10.0 Å². The second kappa shape index (κ2) is 6.92. The molecule has 0 aliphatic heterocycles. The molecule has 0 radical (unpaired) electrons. The van der Waals surface area contributed by atoms with Crippen LogP contribution in [0, 0.1) is 0 Å². The molecule has 0 saturated carbocycles. The fourth-order valence-electron chi connectivity index (χ4n) is 1.79. The van der Waals surface area contributed by atoms with Gasteiger partial charge in [-0.3, -0.25) is 0 Å². The van der Waals surface area contributed by atoms with E-state index in [1.807, 2.05) is 36.4 Å². The summed E-state index contributed by atoms with van der Waals surface area (Å²) in [5, 5.41) is 13.5. The first-order valence-electron chi connectivity index (χ1n) is 6.03. The summed E-state index contributed by atoms with van der Waals surface area (Å²) in [5.74, 6) is 0. The van der Waals surface area contributed by atoms with E-state index >= 15 is 0 Å². The predicted molar refractivity (Wildman–Crippen MR) is 79.4 cm³/mol. The number of hydrogen-bond donors (Lipinski definition) is 2. The zero-order chi connectivity index (χ0) is 13.7. The molecular formula is C15H15Cl2NO. The molecule has 2 N–H and O–H groups in total. The maximum Gasteiger partial charge on any atom is 0.0681 e. The van der Waals surface area contributed by atoms with Crippen LogP contribution in [0.5, 0.6) is 0 Å². The van der Waals surface area contributed by atoms with Gasteiger partial charge in [-0.2, -0.15) is 0 Å². The normalized spacial score (nSPS) is 10.7. The molecule has 0 atom stereocenters. The molecule has 0 bridgehead atoms. The minimum atomic E-state index is 0.0752. The van der Waals surface area contributed by atoms with E-state index in [4.69, 9.17) is 28.3 Å². The first-order valence-corrected chi connectivity index (χ1v) is 6.78. The summed E-state index contributed by atoms with van der Waals surface area (Å²) < 4.78 is 0. The van der Waals surface area contributed by atoms with Crippen LogP contribution < -0.4 is 5.32 Å². The average Bonchev–Trinajstić information content (AvgIpc) is 2.44. The van der Waals surface area contributed by atoms with Crippen LogP contribution in [0.4, 0.5) is 0 Å². The van der Waals surface area contributed by atoms with Crippen molar-refractivity contribution in [1.82, 2.24) is 5.32 Å². The lowest BCUT2D eigenvalue weighted by Gasteiger charge is -2.08. The van der Waals surface area contributed by atoms with Gasteiger partial charge in [0.2, 0.25) is 0 Å². The SMILES string of the molecule is OCc1ccc(CNCc2cccc(Cl)c2Cl)cc1. The third-order valence-electron chi connectivity index (χ3n) is 2.88. The van der Waals surface area contributed by atoms with Gasteiger partial charge in [-0.15, -0.1) is 0 Å². The molecule has 0 amide bonds. The molecule has 0 spiro atoms. The molecule has 2 aromatic carbocycles. The molecule has 19 heavy (non-hydrogen) atoms. The Labute approximate surface area is 123 Å². The second-order valence-corrected chi connectivity index (χ2v) is 5.08. The Morgan fingerprint density at radius 1 is 0.895 bits per heavy atom. The molecule has 0 heterocycles. The molecule has 0 saturated heterocycles. The highest BCUT2D eigenvalue weighted by Crippen LogP contribution is 2.25. The Morgan fingerprint density at radius 3 is 2.26 bits per heavy atom. The number of nitrogens with one attached hydrogen (secondary N) is 1. The van der Waals surface area contributed by atoms with E-state index in [-0.39, 0.29) is 6.61 Å². The van der Waals surface area contributed by atoms with Gasteiger partial charge in [-0.25, -0.2) is 0 Å².